The Labute approximate surface area is 159 Å². The number of nitrogens with one attached hydrogen (secondary N) is 2. The highest BCUT2D eigenvalue weighted by molar-refractivity contribution is 7.88. The number of alkyl halides is 3. The lowest BCUT2D eigenvalue weighted by atomic mass is 10.1. The van der Waals surface area contributed by atoms with E-state index in [2.05, 4.69) is 10.0 Å². The van der Waals surface area contributed by atoms with Gasteiger partial charge in [0.25, 0.3) is 5.91 Å². The maximum Gasteiger partial charge on any atom is 0.416 e. The van der Waals surface area contributed by atoms with Crippen molar-refractivity contribution in [3.05, 3.63) is 53.0 Å². The van der Waals surface area contributed by atoms with Crippen molar-refractivity contribution in [2.75, 3.05) is 11.6 Å². The van der Waals surface area contributed by atoms with Crippen molar-refractivity contribution in [1.29, 1.82) is 0 Å². The van der Waals surface area contributed by atoms with Gasteiger partial charge in [0.05, 0.1) is 18.4 Å². The van der Waals surface area contributed by atoms with Gasteiger partial charge in [0, 0.05) is 12.2 Å². The number of furan rings is 1. The summed E-state index contributed by atoms with van der Waals surface area (Å²) < 4.78 is 68.1. The molecule has 0 spiro atoms. The van der Waals surface area contributed by atoms with Gasteiger partial charge in [-0.1, -0.05) is 0 Å². The number of nitrogens with two attached hydrogens (primary N) is 1. The Hall–Kier alpha value is -2.08. The zero-order valence-corrected chi connectivity index (χ0v) is 15.6. The maximum atomic E-state index is 12.9. The summed E-state index contributed by atoms with van der Waals surface area (Å²) in [5.41, 5.74) is 4.57. The second kappa shape index (κ2) is 8.74. The van der Waals surface area contributed by atoms with Crippen LogP contribution in [0.25, 0.3) is 0 Å². The molecule has 0 bridgehead atoms. The molecule has 2 rings (SSSR count). The van der Waals surface area contributed by atoms with E-state index in [1.54, 1.807) is 0 Å². The highest BCUT2D eigenvalue weighted by Crippen LogP contribution is 2.32. The Bertz CT molecular complexity index is 913. The molecule has 1 amide bonds. The monoisotopic (exact) mass is 427 g/mol. The Morgan fingerprint density at radius 3 is 2.44 bits per heavy atom. The number of benzene rings is 1. The minimum Gasteiger partial charge on any atom is -0.455 e. The Kier molecular flexibility index (Phi) is 7.43. The minimum absolute atomic E-state index is 0. The highest BCUT2D eigenvalue weighted by atomic mass is 35.5. The molecule has 7 nitrogen and oxygen atoms in total. The lowest BCUT2D eigenvalue weighted by molar-refractivity contribution is -0.137. The fourth-order valence-electron chi connectivity index (χ4n) is 2.04. The molecule has 1 aromatic carbocycles. The van der Waals surface area contributed by atoms with Crippen LogP contribution in [0.3, 0.4) is 0 Å². The normalized spacial score (nSPS) is 11.7. The van der Waals surface area contributed by atoms with Crippen molar-refractivity contribution >= 4 is 34.0 Å². The van der Waals surface area contributed by atoms with E-state index in [-0.39, 0.29) is 48.3 Å². The van der Waals surface area contributed by atoms with Gasteiger partial charge >= 0.3 is 6.18 Å². The Morgan fingerprint density at radius 2 is 1.89 bits per heavy atom. The van der Waals surface area contributed by atoms with Crippen LogP contribution in [0, 0.1) is 0 Å². The molecule has 1 aromatic heterocycles. The second-order valence-corrected chi connectivity index (χ2v) is 7.27. The fraction of sp³-hybridized carbons (Fsp3) is 0.267. The molecule has 0 aliphatic rings. The van der Waals surface area contributed by atoms with E-state index >= 15 is 0 Å². The maximum absolute atomic E-state index is 12.9. The molecule has 2 aromatic rings. The summed E-state index contributed by atoms with van der Waals surface area (Å²) >= 11 is 0. The van der Waals surface area contributed by atoms with Crippen LogP contribution in [0.2, 0.25) is 0 Å². The van der Waals surface area contributed by atoms with Gasteiger partial charge in [0.1, 0.15) is 5.76 Å². The summed E-state index contributed by atoms with van der Waals surface area (Å²) in [7, 11) is -3.44. The van der Waals surface area contributed by atoms with Crippen LogP contribution in [0.5, 0.6) is 0 Å². The molecule has 0 aliphatic carbocycles. The topological polar surface area (TPSA) is 114 Å². The van der Waals surface area contributed by atoms with Gasteiger partial charge in [-0.15, -0.1) is 12.4 Å². The molecule has 0 saturated heterocycles. The van der Waals surface area contributed by atoms with E-state index < -0.39 is 27.7 Å². The summed E-state index contributed by atoms with van der Waals surface area (Å²) in [4.78, 5) is 12.1. The Morgan fingerprint density at radius 1 is 1.22 bits per heavy atom. The smallest absolute Gasteiger partial charge is 0.416 e. The van der Waals surface area contributed by atoms with Crippen LogP contribution in [0.1, 0.15) is 27.4 Å². The molecule has 0 atom stereocenters. The van der Waals surface area contributed by atoms with E-state index in [0.717, 1.165) is 18.4 Å². The summed E-state index contributed by atoms with van der Waals surface area (Å²) in [5.74, 6) is -0.785. The lowest BCUT2D eigenvalue weighted by Crippen LogP contribution is -2.20. The molecular weight excluding hydrogens is 411 g/mol. The molecule has 0 unspecified atom stereocenters. The summed E-state index contributed by atoms with van der Waals surface area (Å²) in [6, 6.07) is 5.67. The number of anilines is 1. The van der Waals surface area contributed by atoms with Crippen LogP contribution in [0.15, 0.2) is 34.7 Å². The van der Waals surface area contributed by atoms with Crippen LogP contribution < -0.4 is 15.8 Å². The van der Waals surface area contributed by atoms with Crippen LogP contribution >= 0.6 is 12.4 Å². The van der Waals surface area contributed by atoms with Gasteiger partial charge in [0.15, 0.2) is 5.76 Å². The third-order valence-corrected chi connectivity index (χ3v) is 3.88. The molecular formula is C15H17ClF3N3O4S. The van der Waals surface area contributed by atoms with Gasteiger partial charge < -0.3 is 15.5 Å². The first kappa shape index (κ1) is 23.0. The number of rotatable bonds is 6. The van der Waals surface area contributed by atoms with Gasteiger partial charge in [-0.3, -0.25) is 4.79 Å². The van der Waals surface area contributed by atoms with Crippen molar-refractivity contribution in [3.63, 3.8) is 0 Å². The second-order valence-electron chi connectivity index (χ2n) is 5.43. The molecule has 0 fully saturated rings. The van der Waals surface area contributed by atoms with E-state index in [1.165, 1.54) is 18.2 Å². The minimum atomic E-state index is -4.58. The molecule has 4 N–H and O–H groups in total. The van der Waals surface area contributed by atoms with Crippen molar-refractivity contribution in [2.45, 2.75) is 19.3 Å². The first-order valence-electron chi connectivity index (χ1n) is 7.24. The van der Waals surface area contributed by atoms with E-state index in [9.17, 15) is 26.4 Å². The van der Waals surface area contributed by atoms with E-state index in [4.69, 9.17) is 10.2 Å². The Balaban J connectivity index is 0.00000364. The van der Waals surface area contributed by atoms with E-state index in [1.807, 2.05) is 0 Å². The number of hydrogen-bond donors (Lipinski definition) is 3. The largest absolute Gasteiger partial charge is 0.455 e. The molecule has 27 heavy (non-hydrogen) atoms. The van der Waals surface area contributed by atoms with Crippen molar-refractivity contribution in [1.82, 2.24) is 4.72 Å². The van der Waals surface area contributed by atoms with Crippen LogP contribution in [-0.2, 0) is 29.3 Å². The predicted octanol–water partition coefficient (Wildman–Crippen LogP) is 2.48. The first-order chi connectivity index (χ1) is 12.0. The third-order valence-electron chi connectivity index (χ3n) is 3.21. The summed E-state index contributed by atoms with van der Waals surface area (Å²) in [6.07, 6.45) is -3.62. The average molecular weight is 428 g/mol. The molecule has 150 valence electrons. The fourth-order valence-corrected chi connectivity index (χ4v) is 2.44. The number of hydrogen-bond acceptors (Lipinski definition) is 5. The van der Waals surface area contributed by atoms with E-state index in [0.29, 0.717) is 0 Å². The lowest BCUT2D eigenvalue weighted by Gasteiger charge is -2.12. The van der Waals surface area contributed by atoms with Gasteiger partial charge in [-0.05, 0) is 35.9 Å². The number of carbonyl (C=O) groups excluding carboxylic acids is 1. The average Bonchev–Trinajstić information content (AvgIpc) is 3.00. The molecule has 1 heterocycles. The first-order valence-corrected chi connectivity index (χ1v) is 9.13. The SMILES string of the molecule is CS(=O)(=O)NCc1ccc(C(=O)Nc2cc(CN)cc(C(F)(F)F)c2)o1.Cl. The molecule has 12 heteroatoms. The number of sulfonamides is 1. The molecule has 0 radical (unpaired) electrons. The van der Waals surface area contributed by atoms with Crippen molar-refractivity contribution < 1.29 is 30.8 Å². The summed E-state index contributed by atoms with van der Waals surface area (Å²) in [6.45, 7) is -0.290. The van der Waals surface area contributed by atoms with Crippen LogP contribution in [0.4, 0.5) is 18.9 Å². The zero-order valence-electron chi connectivity index (χ0n) is 14.0. The third kappa shape index (κ3) is 6.86. The predicted molar refractivity (Wildman–Crippen MR) is 94.9 cm³/mol. The van der Waals surface area contributed by atoms with Crippen molar-refractivity contribution in [2.24, 2.45) is 5.73 Å². The number of carbonyl (C=O) groups is 1. The number of amides is 1. The number of halogens is 4. The van der Waals surface area contributed by atoms with Gasteiger partial charge in [-0.2, -0.15) is 13.2 Å². The van der Waals surface area contributed by atoms with Crippen LogP contribution in [-0.4, -0.2) is 20.6 Å². The van der Waals surface area contributed by atoms with Gasteiger partial charge in [-0.25, -0.2) is 13.1 Å². The molecule has 0 aliphatic heterocycles. The summed E-state index contributed by atoms with van der Waals surface area (Å²) in [5, 5.41) is 2.30. The standard InChI is InChI=1S/C15H16F3N3O4S.ClH/c1-26(23,24)20-8-12-2-3-13(25-12)14(22)21-11-5-9(7-19)4-10(6-11)15(16,17)18;/h2-6,20H,7-8,19H2,1H3,(H,21,22);1H. The zero-order chi connectivity index (χ0) is 19.5. The van der Waals surface area contributed by atoms with Crippen molar-refractivity contribution in [3.8, 4) is 0 Å². The molecule has 0 saturated carbocycles. The highest BCUT2D eigenvalue weighted by Gasteiger charge is 2.31. The quantitative estimate of drug-likeness (QED) is 0.655. The van der Waals surface area contributed by atoms with Gasteiger partial charge in [0.2, 0.25) is 10.0 Å².